The summed E-state index contributed by atoms with van der Waals surface area (Å²) in [6, 6.07) is 2.86. The van der Waals surface area contributed by atoms with Crippen LogP contribution in [0.4, 0.5) is 5.82 Å². The number of carboxylic acids is 1. The number of amides is 1. The zero-order valence-corrected chi connectivity index (χ0v) is 9.44. The Hall–Kier alpha value is -1.91. The summed E-state index contributed by atoms with van der Waals surface area (Å²) in [7, 11) is 0. The van der Waals surface area contributed by atoms with Crippen LogP contribution in [-0.2, 0) is 4.79 Å². The third kappa shape index (κ3) is 3.05. The summed E-state index contributed by atoms with van der Waals surface area (Å²) in [4.78, 5) is 26.0. The van der Waals surface area contributed by atoms with E-state index in [9.17, 15) is 9.59 Å². The predicted molar refractivity (Wildman–Crippen MR) is 59.3 cm³/mol. The fourth-order valence-corrected chi connectivity index (χ4v) is 0.898. The van der Waals surface area contributed by atoms with Gasteiger partial charge in [0.05, 0.1) is 5.56 Å². The van der Waals surface area contributed by atoms with Gasteiger partial charge >= 0.3 is 5.97 Å². The summed E-state index contributed by atoms with van der Waals surface area (Å²) in [6.45, 7) is 5.36. The second kappa shape index (κ2) is 4.30. The third-order valence-electron chi connectivity index (χ3n) is 1.93. The monoisotopic (exact) mass is 222 g/mol. The number of aromatic carboxylic acids is 1. The van der Waals surface area contributed by atoms with Gasteiger partial charge in [0.1, 0.15) is 5.82 Å². The number of nitrogens with zero attached hydrogens (tertiary/aromatic N) is 1. The quantitative estimate of drug-likeness (QED) is 0.799. The van der Waals surface area contributed by atoms with Gasteiger partial charge in [-0.1, -0.05) is 20.8 Å². The zero-order valence-electron chi connectivity index (χ0n) is 9.44. The van der Waals surface area contributed by atoms with Crippen molar-refractivity contribution in [1.82, 2.24) is 4.98 Å². The molecule has 0 bridgehead atoms. The molecule has 0 aliphatic rings. The van der Waals surface area contributed by atoms with E-state index in [4.69, 9.17) is 5.11 Å². The Labute approximate surface area is 93.5 Å². The first-order chi connectivity index (χ1) is 7.30. The van der Waals surface area contributed by atoms with Crippen LogP contribution >= 0.6 is 0 Å². The molecule has 0 atom stereocenters. The molecule has 2 N–H and O–H groups in total. The van der Waals surface area contributed by atoms with E-state index in [1.165, 1.54) is 18.3 Å². The van der Waals surface area contributed by atoms with Crippen molar-refractivity contribution in [3.8, 4) is 0 Å². The summed E-state index contributed by atoms with van der Waals surface area (Å²) >= 11 is 0. The van der Waals surface area contributed by atoms with Crippen LogP contribution in [0, 0.1) is 5.41 Å². The maximum absolute atomic E-state index is 11.6. The van der Waals surface area contributed by atoms with Crippen molar-refractivity contribution in [3.63, 3.8) is 0 Å². The molecule has 0 saturated heterocycles. The molecule has 0 saturated carbocycles. The Kier molecular flexibility index (Phi) is 3.27. The van der Waals surface area contributed by atoms with Crippen molar-refractivity contribution in [2.45, 2.75) is 20.8 Å². The van der Waals surface area contributed by atoms with E-state index in [1.54, 1.807) is 20.8 Å². The molecule has 5 heteroatoms. The molecule has 0 fully saturated rings. The summed E-state index contributed by atoms with van der Waals surface area (Å²) in [5, 5.41) is 11.3. The first-order valence-electron chi connectivity index (χ1n) is 4.81. The highest BCUT2D eigenvalue weighted by Crippen LogP contribution is 2.16. The maximum Gasteiger partial charge on any atom is 0.337 e. The fourth-order valence-electron chi connectivity index (χ4n) is 0.898. The Morgan fingerprint density at radius 2 is 1.94 bits per heavy atom. The third-order valence-corrected chi connectivity index (χ3v) is 1.93. The van der Waals surface area contributed by atoms with Crippen LogP contribution in [0.1, 0.15) is 31.1 Å². The molecule has 0 radical (unpaired) electrons. The summed E-state index contributed by atoms with van der Waals surface area (Å²) < 4.78 is 0. The van der Waals surface area contributed by atoms with Crippen molar-refractivity contribution in [2.75, 3.05) is 5.32 Å². The van der Waals surface area contributed by atoms with Gasteiger partial charge in [0.2, 0.25) is 5.91 Å². The number of aromatic nitrogens is 1. The molecule has 0 aromatic carbocycles. The van der Waals surface area contributed by atoms with Crippen LogP contribution in [0.15, 0.2) is 18.3 Å². The van der Waals surface area contributed by atoms with Crippen molar-refractivity contribution in [2.24, 2.45) is 5.41 Å². The number of hydrogen-bond donors (Lipinski definition) is 2. The summed E-state index contributed by atoms with van der Waals surface area (Å²) in [5.74, 6) is -0.853. The van der Waals surface area contributed by atoms with E-state index in [-0.39, 0.29) is 11.5 Å². The van der Waals surface area contributed by atoms with Gasteiger partial charge in [0.15, 0.2) is 0 Å². The van der Waals surface area contributed by atoms with Crippen LogP contribution < -0.4 is 5.32 Å². The van der Waals surface area contributed by atoms with Gasteiger partial charge in [0, 0.05) is 11.6 Å². The molecule has 86 valence electrons. The molecule has 1 rings (SSSR count). The van der Waals surface area contributed by atoms with Crippen LogP contribution in [0.25, 0.3) is 0 Å². The molecule has 16 heavy (non-hydrogen) atoms. The molecule has 1 aromatic rings. The Balaban J connectivity index is 2.77. The average Bonchev–Trinajstić information content (AvgIpc) is 2.17. The molecule has 5 nitrogen and oxygen atoms in total. The van der Waals surface area contributed by atoms with E-state index in [1.807, 2.05) is 0 Å². The highest BCUT2D eigenvalue weighted by Gasteiger charge is 2.21. The molecular formula is C11H14N2O3. The van der Waals surface area contributed by atoms with Crippen LogP contribution in [0.2, 0.25) is 0 Å². The molecule has 0 aliphatic carbocycles. The lowest BCUT2D eigenvalue weighted by atomic mass is 9.96. The fraction of sp³-hybridized carbons (Fsp3) is 0.364. The van der Waals surface area contributed by atoms with Gasteiger partial charge in [-0.2, -0.15) is 0 Å². The molecule has 1 amide bonds. The number of hydrogen-bond acceptors (Lipinski definition) is 3. The highest BCUT2D eigenvalue weighted by atomic mass is 16.4. The van der Waals surface area contributed by atoms with Crippen LogP contribution in [0.5, 0.6) is 0 Å². The molecule has 0 unspecified atom stereocenters. The molecular weight excluding hydrogens is 208 g/mol. The number of carboxylic acid groups (broad SMARTS) is 1. The summed E-state index contributed by atoms with van der Waals surface area (Å²) in [5.41, 5.74) is -0.415. The smallest absolute Gasteiger partial charge is 0.337 e. The van der Waals surface area contributed by atoms with Crippen molar-refractivity contribution < 1.29 is 14.7 Å². The number of carbonyl (C=O) groups is 2. The Morgan fingerprint density at radius 3 is 2.31 bits per heavy atom. The topological polar surface area (TPSA) is 79.3 Å². The minimum absolute atomic E-state index is 0.0914. The first-order valence-corrected chi connectivity index (χ1v) is 4.81. The SMILES string of the molecule is CC(C)(C)C(=O)Nc1ccc(C(=O)O)cn1. The van der Waals surface area contributed by atoms with Crippen molar-refractivity contribution in [1.29, 1.82) is 0 Å². The number of anilines is 1. The molecule has 1 aromatic heterocycles. The highest BCUT2D eigenvalue weighted by molar-refractivity contribution is 5.94. The lowest BCUT2D eigenvalue weighted by Crippen LogP contribution is -2.28. The lowest BCUT2D eigenvalue weighted by molar-refractivity contribution is -0.123. The average molecular weight is 222 g/mol. The first kappa shape index (κ1) is 12.2. The van der Waals surface area contributed by atoms with E-state index in [0.29, 0.717) is 5.82 Å². The van der Waals surface area contributed by atoms with Gasteiger partial charge < -0.3 is 10.4 Å². The van der Waals surface area contributed by atoms with Gasteiger partial charge in [-0.3, -0.25) is 4.79 Å². The second-order valence-corrected chi connectivity index (χ2v) is 4.44. The number of rotatable bonds is 2. The van der Waals surface area contributed by atoms with E-state index < -0.39 is 11.4 Å². The minimum Gasteiger partial charge on any atom is -0.478 e. The maximum atomic E-state index is 11.6. The Morgan fingerprint density at radius 1 is 1.31 bits per heavy atom. The largest absolute Gasteiger partial charge is 0.478 e. The summed E-state index contributed by atoms with van der Waals surface area (Å²) in [6.07, 6.45) is 1.21. The van der Waals surface area contributed by atoms with Gasteiger partial charge in [-0.05, 0) is 12.1 Å². The lowest BCUT2D eigenvalue weighted by Gasteiger charge is -2.16. The standard InChI is InChI=1S/C11H14N2O3/c1-11(2,3)10(16)13-8-5-4-7(6-12-8)9(14)15/h4-6H,1-3H3,(H,14,15)(H,12,13,16). The van der Waals surface area contributed by atoms with Gasteiger partial charge in [0.25, 0.3) is 0 Å². The van der Waals surface area contributed by atoms with Gasteiger partial charge in [-0.25, -0.2) is 9.78 Å². The van der Waals surface area contributed by atoms with Gasteiger partial charge in [-0.15, -0.1) is 0 Å². The molecule has 0 aliphatic heterocycles. The number of pyridine rings is 1. The van der Waals surface area contributed by atoms with Crippen LogP contribution in [0.3, 0.4) is 0 Å². The molecule has 1 heterocycles. The van der Waals surface area contributed by atoms with E-state index in [2.05, 4.69) is 10.3 Å². The minimum atomic E-state index is -1.04. The molecule has 0 spiro atoms. The van der Waals surface area contributed by atoms with E-state index in [0.717, 1.165) is 0 Å². The van der Waals surface area contributed by atoms with Crippen molar-refractivity contribution in [3.05, 3.63) is 23.9 Å². The number of nitrogens with one attached hydrogen (secondary N) is 1. The Bertz CT molecular complexity index is 404. The predicted octanol–water partition coefficient (Wildman–Crippen LogP) is 1.76. The van der Waals surface area contributed by atoms with Crippen molar-refractivity contribution >= 4 is 17.7 Å². The van der Waals surface area contributed by atoms with E-state index >= 15 is 0 Å². The second-order valence-electron chi connectivity index (χ2n) is 4.44. The normalized spacial score (nSPS) is 10.9. The van der Waals surface area contributed by atoms with Crippen LogP contribution in [-0.4, -0.2) is 22.0 Å². The number of carbonyl (C=O) groups excluding carboxylic acids is 1. The zero-order chi connectivity index (χ0) is 12.3.